The first-order chi connectivity index (χ1) is 38.5. The second kappa shape index (κ2) is 25.2. The molecule has 3 aromatic rings. The summed E-state index contributed by atoms with van der Waals surface area (Å²) in [6, 6.07) is -2.26. The molecular formula is C53H82N13O15P. The third-order valence-electron chi connectivity index (χ3n) is 16.0. The molecule has 28 nitrogen and oxygen atoms in total. The molecule has 13 atom stereocenters. The van der Waals surface area contributed by atoms with Crippen molar-refractivity contribution >= 4 is 20.6 Å². The van der Waals surface area contributed by atoms with Gasteiger partial charge < -0.3 is 64.1 Å². The summed E-state index contributed by atoms with van der Waals surface area (Å²) < 4.78 is 37.5. The van der Waals surface area contributed by atoms with E-state index in [2.05, 4.69) is 68.1 Å². The van der Waals surface area contributed by atoms with E-state index in [-0.39, 0.29) is 68.5 Å². The molecule has 82 heavy (non-hydrogen) atoms. The van der Waals surface area contributed by atoms with Crippen molar-refractivity contribution in [1.29, 1.82) is 0 Å². The second-order valence-electron chi connectivity index (χ2n) is 23.0. The van der Waals surface area contributed by atoms with Crippen molar-refractivity contribution in [3.63, 3.8) is 0 Å². The van der Waals surface area contributed by atoms with E-state index in [1.54, 1.807) is 25.7 Å². The van der Waals surface area contributed by atoms with Crippen molar-refractivity contribution in [2.75, 3.05) is 32.8 Å². The minimum absolute atomic E-state index is 0.0567. The van der Waals surface area contributed by atoms with E-state index >= 15 is 0 Å². The first-order valence-electron chi connectivity index (χ1n) is 28.0. The standard InChI is InChI=1S/C25H41N6O6P.C16H24N4O5.C12H17N3O4/c1-10-25-14-30(23(33)27-15(2)3)19(22(36-25)29-13-18(8)21(32)28-24(29)34)20(25)37-38(35-12-11-26-9)31(16(4)5)17(6)7;1-5-16-7-20(14(23)17-8(2)3)10(11(16)21)13(25-16)19-6-9(4)12(22)18-15(19)24;1-3-12-5-13-7(8(12)16)10(19-12)15-4-6(2)9(17)14-11(15)18/h13,15-17,19-20,22H,10-12,14H2,1-8H3,(H,27,33)(H,28,32,34);6,8,10-11,13,21H,5,7H2,1-4H3,(H,17,23)(H,18,22,24);4,7-8,10,13,16H,3,5H2,1-2H3,(H,14,17,18)/t19-,20+,22-,25+,38?;10-,11+,13-,16+;7-,8+,10-,12+/m111/s1. The minimum Gasteiger partial charge on any atom is -0.388 e. The normalized spacial score (nSPS) is 29.8. The molecule has 6 aliphatic rings. The van der Waals surface area contributed by atoms with Crippen LogP contribution in [0.1, 0.15) is 131 Å². The van der Waals surface area contributed by atoms with Crippen LogP contribution in [0.4, 0.5) is 9.59 Å². The predicted octanol–water partition coefficient (Wildman–Crippen LogP) is 1.53. The Kier molecular flexibility index (Phi) is 19.5. The monoisotopic (exact) mass is 1170 g/mol. The van der Waals surface area contributed by atoms with Gasteiger partial charge in [-0.15, -0.1) is 0 Å². The summed E-state index contributed by atoms with van der Waals surface area (Å²) >= 11 is 0. The maximum Gasteiger partial charge on any atom is 0.330 e. The molecule has 6 bridgehead atoms. The average Bonchev–Trinajstić information content (AvgIpc) is 4.39. The van der Waals surface area contributed by atoms with Gasteiger partial charge in [0.25, 0.3) is 25.2 Å². The predicted molar refractivity (Wildman–Crippen MR) is 301 cm³/mol. The van der Waals surface area contributed by atoms with Crippen LogP contribution >= 0.6 is 8.53 Å². The van der Waals surface area contributed by atoms with Crippen molar-refractivity contribution < 1.29 is 43.1 Å². The van der Waals surface area contributed by atoms with E-state index in [4.69, 9.17) is 29.8 Å². The number of ether oxygens (including phenoxy) is 3. The molecule has 6 aliphatic heterocycles. The van der Waals surface area contributed by atoms with Crippen LogP contribution in [0.25, 0.3) is 4.85 Å². The fourth-order valence-corrected chi connectivity index (χ4v) is 13.5. The molecule has 0 radical (unpaired) electrons. The quantitative estimate of drug-likeness (QED) is 0.0573. The minimum atomic E-state index is -1.63. The number of nitrogens with zero attached hydrogens (tertiary/aromatic N) is 7. The fourth-order valence-electron chi connectivity index (χ4n) is 11.7. The van der Waals surface area contributed by atoms with E-state index in [0.717, 1.165) is 0 Å². The lowest BCUT2D eigenvalue weighted by atomic mass is 9.96. The Labute approximate surface area is 475 Å². The lowest BCUT2D eigenvalue weighted by Gasteiger charge is -2.38. The number of aliphatic hydroxyl groups is 2. The number of fused-ring (bicyclic) bond motifs is 6. The van der Waals surface area contributed by atoms with Gasteiger partial charge in [0.1, 0.15) is 53.8 Å². The van der Waals surface area contributed by atoms with Gasteiger partial charge in [0.05, 0.1) is 19.1 Å². The van der Waals surface area contributed by atoms with Gasteiger partial charge in [-0.3, -0.25) is 43.0 Å². The maximum absolute atomic E-state index is 13.4. The summed E-state index contributed by atoms with van der Waals surface area (Å²) in [6.07, 6.45) is 1.50. The third-order valence-corrected chi connectivity index (χ3v) is 18.1. The smallest absolute Gasteiger partial charge is 0.330 e. The van der Waals surface area contributed by atoms with Crippen LogP contribution < -0.4 is 49.7 Å². The van der Waals surface area contributed by atoms with Crippen molar-refractivity contribution in [1.82, 2.24) is 59.1 Å². The molecule has 0 aliphatic carbocycles. The highest BCUT2D eigenvalue weighted by atomic mass is 31.2. The number of morpholine rings is 3. The van der Waals surface area contributed by atoms with Crippen LogP contribution in [0.3, 0.4) is 0 Å². The molecule has 3 aromatic heterocycles. The van der Waals surface area contributed by atoms with Crippen molar-refractivity contribution in [3.8, 4) is 0 Å². The number of rotatable bonds is 16. The molecule has 0 saturated carbocycles. The summed E-state index contributed by atoms with van der Waals surface area (Å²) in [4.78, 5) is 111. The number of aliphatic hydroxyl groups excluding tert-OH is 2. The molecule has 0 spiro atoms. The number of likely N-dealkylation sites (tertiary alicyclic amines) is 2. The molecule has 1 unspecified atom stereocenters. The first kappa shape index (κ1) is 63.7. The van der Waals surface area contributed by atoms with E-state index < -0.39 is 108 Å². The zero-order chi connectivity index (χ0) is 60.7. The molecule has 9 heterocycles. The highest BCUT2D eigenvalue weighted by Crippen LogP contribution is 2.57. The number of nitrogens with one attached hydrogen (secondary N) is 6. The van der Waals surface area contributed by atoms with Gasteiger partial charge in [-0.2, -0.15) is 0 Å². The van der Waals surface area contributed by atoms with E-state index in [1.165, 1.54) is 37.2 Å². The highest BCUT2D eigenvalue weighted by Gasteiger charge is 2.67. The zero-order valence-corrected chi connectivity index (χ0v) is 50.1. The molecular weight excluding hydrogens is 1090 g/mol. The van der Waals surface area contributed by atoms with Crippen LogP contribution in [-0.4, -0.2) is 176 Å². The number of urea groups is 2. The molecule has 29 heteroatoms. The number of H-pyrrole nitrogens is 3. The largest absolute Gasteiger partial charge is 0.388 e. The Hall–Kier alpha value is -5.86. The number of aryl methyl sites for hydroxylation is 3. The molecule has 4 amide bonds. The first-order valence-corrected chi connectivity index (χ1v) is 29.1. The Morgan fingerprint density at radius 2 is 1.10 bits per heavy atom. The molecule has 6 saturated heterocycles. The Morgan fingerprint density at radius 3 is 1.51 bits per heavy atom. The van der Waals surface area contributed by atoms with Crippen LogP contribution in [0.2, 0.25) is 0 Å². The Balaban J connectivity index is 0.000000189. The van der Waals surface area contributed by atoms with E-state index in [1.807, 2.05) is 48.5 Å². The SMILES string of the molecule is CC[C@@]12CN(C(=O)NC(C)C)[C@@H]([C@H](n3cc(C)c(=O)[nH]c3=O)O1)[C@@H]2O.CC[C@@]12CN[C@@H]([C@H](n3cc(C)c(=O)[nH]c3=O)O1)[C@@H]2O.[C-]#[N+]CCOP(O[C@H]1[C@@H]2[C@H](n3cc(C)c(=O)[nH]c3=O)O[C@@]1(CC)CN2C(=O)NC(C)C)N(C(C)C)C(C)C. The van der Waals surface area contributed by atoms with Crippen LogP contribution in [0, 0.1) is 27.3 Å². The number of aromatic nitrogens is 6. The number of amides is 4. The average molecular weight is 1170 g/mol. The van der Waals surface area contributed by atoms with Crippen molar-refractivity contribution in [3.05, 3.63) is 109 Å². The lowest BCUT2D eigenvalue weighted by molar-refractivity contribution is -0.131. The molecule has 0 aromatic carbocycles. The number of hydrogen-bond acceptors (Lipinski definition) is 17. The molecule has 454 valence electrons. The van der Waals surface area contributed by atoms with Gasteiger partial charge >= 0.3 is 29.1 Å². The number of aromatic amines is 3. The van der Waals surface area contributed by atoms with Gasteiger partial charge in [-0.05, 0) is 95.4 Å². The van der Waals surface area contributed by atoms with Gasteiger partial charge in [-0.1, -0.05) is 20.8 Å². The van der Waals surface area contributed by atoms with E-state index in [0.29, 0.717) is 42.5 Å². The van der Waals surface area contributed by atoms with Gasteiger partial charge in [0.15, 0.2) is 18.7 Å². The Bertz CT molecular complexity index is 3220. The molecule has 8 N–H and O–H groups in total. The van der Waals surface area contributed by atoms with Gasteiger partial charge in [0.2, 0.25) is 6.54 Å². The maximum atomic E-state index is 13.4. The third kappa shape index (κ3) is 12.1. The summed E-state index contributed by atoms with van der Waals surface area (Å²) in [5, 5.41) is 29.9. The summed E-state index contributed by atoms with van der Waals surface area (Å²) in [5.74, 6) is 0. The molecule has 6 fully saturated rings. The van der Waals surface area contributed by atoms with Crippen LogP contribution in [-0.2, 0) is 23.3 Å². The topological polar surface area (TPSA) is 336 Å². The zero-order valence-electron chi connectivity index (χ0n) is 49.2. The molecule has 9 rings (SSSR count). The van der Waals surface area contributed by atoms with Crippen molar-refractivity contribution in [2.45, 2.75) is 212 Å². The number of carbonyl (C=O) groups is 2. The second-order valence-corrected chi connectivity index (χ2v) is 24.4. The summed E-state index contributed by atoms with van der Waals surface area (Å²) in [7, 11) is -1.63. The number of hydrogen-bond donors (Lipinski definition) is 8. The highest BCUT2D eigenvalue weighted by molar-refractivity contribution is 7.44. The lowest BCUT2D eigenvalue weighted by Crippen LogP contribution is -2.54. The van der Waals surface area contributed by atoms with Gasteiger partial charge in [0, 0.05) is 66.0 Å². The van der Waals surface area contributed by atoms with Crippen molar-refractivity contribution in [2.24, 2.45) is 0 Å². The summed E-state index contributed by atoms with van der Waals surface area (Å²) in [6.45, 7) is 34.9. The van der Waals surface area contributed by atoms with Gasteiger partial charge in [-0.25, -0.2) is 35.2 Å². The van der Waals surface area contributed by atoms with E-state index in [9.17, 15) is 48.6 Å². The van der Waals surface area contributed by atoms with Crippen LogP contribution in [0.5, 0.6) is 0 Å². The van der Waals surface area contributed by atoms with Crippen LogP contribution in [0.15, 0.2) is 47.4 Å². The fraction of sp³-hybridized carbons (Fsp3) is 0.717. The summed E-state index contributed by atoms with van der Waals surface area (Å²) in [5.41, 5.74) is -4.43. The number of carbonyl (C=O) groups excluding carboxylic acids is 2. The Morgan fingerprint density at radius 1 is 0.683 bits per heavy atom.